The fraction of sp³-hybridized carbons (Fsp3) is 0.750. The molecule has 0 spiro atoms. The first-order valence-electron chi connectivity index (χ1n) is 8.41. The number of aliphatic imine (C=N–C) groups is 1. The molecule has 0 aromatic carbocycles. The molecule has 0 unspecified atom stereocenters. The zero-order valence-corrected chi connectivity index (χ0v) is 16.3. The van der Waals surface area contributed by atoms with Crippen LogP contribution in [0.3, 0.4) is 0 Å². The number of guanidine groups is 1. The van der Waals surface area contributed by atoms with E-state index in [1.54, 1.807) is 6.26 Å². The van der Waals surface area contributed by atoms with Crippen molar-refractivity contribution in [2.45, 2.75) is 58.1 Å². The second kappa shape index (κ2) is 12.6. The lowest BCUT2D eigenvalue weighted by atomic mass is 10.1. The van der Waals surface area contributed by atoms with Crippen LogP contribution in [0.15, 0.2) is 21.8 Å². The molecule has 0 saturated heterocycles. The standard InChI is InChI=1S/C16H28N4O2.HI/c1-2-17-16(19-13-14-9-11-22-20-14)18-10-12-21-15-7-5-3-4-6-8-15;/h9,11,15H,2-8,10,12-13H2,1H3,(H2,17,18,19);1H. The van der Waals surface area contributed by atoms with E-state index in [1.165, 1.54) is 38.5 Å². The minimum absolute atomic E-state index is 0. The molecule has 1 saturated carbocycles. The Balaban J connectivity index is 0.00000264. The average molecular weight is 436 g/mol. The largest absolute Gasteiger partial charge is 0.376 e. The zero-order valence-electron chi connectivity index (χ0n) is 13.9. The number of nitrogens with zero attached hydrogens (tertiary/aromatic N) is 2. The SMILES string of the molecule is CCNC(=NCc1ccon1)NCCOC1CCCCCC1.I. The number of ether oxygens (including phenoxy) is 1. The summed E-state index contributed by atoms with van der Waals surface area (Å²) in [4.78, 5) is 4.47. The van der Waals surface area contributed by atoms with Crippen LogP contribution < -0.4 is 10.6 Å². The normalized spacial score (nSPS) is 16.5. The van der Waals surface area contributed by atoms with Gasteiger partial charge < -0.3 is 19.9 Å². The molecule has 1 aliphatic rings. The van der Waals surface area contributed by atoms with Crippen molar-refractivity contribution in [3.8, 4) is 0 Å². The molecule has 1 aromatic rings. The molecule has 1 heterocycles. The van der Waals surface area contributed by atoms with E-state index >= 15 is 0 Å². The molecular formula is C16H29IN4O2. The van der Waals surface area contributed by atoms with Crippen LogP contribution in [-0.2, 0) is 11.3 Å². The molecule has 0 radical (unpaired) electrons. The average Bonchev–Trinajstić information content (AvgIpc) is 2.92. The van der Waals surface area contributed by atoms with Gasteiger partial charge in [-0.2, -0.15) is 0 Å². The maximum Gasteiger partial charge on any atom is 0.191 e. The molecule has 23 heavy (non-hydrogen) atoms. The van der Waals surface area contributed by atoms with Crippen molar-refractivity contribution in [1.29, 1.82) is 0 Å². The molecular weight excluding hydrogens is 407 g/mol. The number of rotatable bonds is 7. The topological polar surface area (TPSA) is 71.7 Å². The Kier molecular flexibility index (Phi) is 11.1. The Hall–Kier alpha value is -0.830. The summed E-state index contributed by atoms with van der Waals surface area (Å²) < 4.78 is 10.8. The van der Waals surface area contributed by atoms with E-state index in [1.807, 2.05) is 6.07 Å². The van der Waals surface area contributed by atoms with Crippen molar-refractivity contribution >= 4 is 29.9 Å². The molecule has 0 amide bonds. The third kappa shape index (κ3) is 8.55. The Morgan fingerprint density at radius 1 is 1.30 bits per heavy atom. The minimum Gasteiger partial charge on any atom is -0.376 e. The third-order valence-electron chi connectivity index (χ3n) is 3.78. The van der Waals surface area contributed by atoms with Gasteiger partial charge in [0.05, 0.1) is 19.3 Å². The molecule has 7 heteroatoms. The van der Waals surface area contributed by atoms with Gasteiger partial charge in [0.1, 0.15) is 12.0 Å². The van der Waals surface area contributed by atoms with E-state index in [4.69, 9.17) is 9.26 Å². The summed E-state index contributed by atoms with van der Waals surface area (Å²) in [5.74, 6) is 0.787. The van der Waals surface area contributed by atoms with Crippen LogP contribution >= 0.6 is 24.0 Å². The highest BCUT2D eigenvalue weighted by molar-refractivity contribution is 14.0. The van der Waals surface area contributed by atoms with E-state index in [9.17, 15) is 0 Å². The summed E-state index contributed by atoms with van der Waals surface area (Å²) in [7, 11) is 0. The minimum atomic E-state index is 0. The Morgan fingerprint density at radius 3 is 2.74 bits per heavy atom. The fourth-order valence-electron chi connectivity index (χ4n) is 2.62. The molecule has 0 bridgehead atoms. The molecule has 1 aromatic heterocycles. The van der Waals surface area contributed by atoms with Crippen LogP contribution in [0, 0.1) is 0 Å². The highest BCUT2D eigenvalue weighted by atomic mass is 127. The van der Waals surface area contributed by atoms with Gasteiger partial charge in [-0.05, 0) is 19.8 Å². The van der Waals surface area contributed by atoms with E-state index < -0.39 is 0 Å². The van der Waals surface area contributed by atoms with Crippen molar-refractivity contribution < 1.29 is 9.26 Å². The highest BCUT2D eigenvalue weighted by Crippen LogP contribution is 2.19. The number of hydrogen-bond donors (Lipinski definition) is 2. The van der Waals surface area contributed by atoms with Gasteiger partial charge in [-0.1, -0.05) is 30.8 Å². The van der Waals surface area contributed by atoms with Gasteiger partial charge in [0.15, 0.2) is 5.96 Å². The van der Waals surface area contributed by atoms with Crippen molar-refractivity contribution in [1.82, 2.24) is 15.8 Å². The summed E-state index contributed by atoms with van der Waals surface area (Å²) in [6.07, 6.45) is 9.75. The van der Waals surface area contributed by atoms with Crippen molar-refractivity contribution in [3.63, 3.8) is 0 Å². The maximum atomic E-state index is 5.97. The number of aromatic nitrogens is 1. The lowest BCUT2D eigenvalue weighted by molar-refractivity contribution is 0.0468. The summed E-state index contributed by atoms with van der Waals surface area (Å²) in [5.41, 5.74) is 0.826. The summed E-state index contributed by atoms with van der Waals surface area (Å²) in [5, 5.41) is 10.4. The molecule has 0 atom stereocenters. The van der Waals surface area contributed by atoms with Crippen LogP contribution in [0.4, 0.5) is 0 Å². The Morgan fingerprint density at radius 2 is 2.09 bits per heavy atom. The molecule has 0 aliphatic heterocycles. The van der Waals surface area contributed by atoms with Crippen LogP contribution in [0.2, 0.25) is 0 Å². The van der Waals surface area contributed by atoms with Gasteiger partial charge in [-0.3, -0.25) is 0 Å². The van der Waals surface area contributed by atoms with Gasteiger partial charge in [0.2, 0.25) is 0 Å². The number of hydrogen-bond acceptors (Lipinski definition) is 4. The fourth-order valence-corrected chi connectivity index (χ4v) is 2.62. The maximum absolute atomic E-state index is 5.97. The molecule has 6 nitrogen and oxygen atoms in total. The van der Waals surface area contributed by atoms with E-state index in [0.717, 1.165) is 31.3 Å². The molecule has 1 fully saturated rings. The van der Waals surface area contributed by atoms with Crippen LogP contribution in [0.25, 0.3) is 0 Å². The van der Waals surface area contributed by atoms with E-state index in [2.05, 4.69) is 27.7 Å². The second-order valence-electron chi connectivity index (χ2n) is 5.60. The lowest BCUT2D eigenvalue weighted by Crippen LogP contribution is -2.39. The van der Waals surface area contributed by atoms with Crippen LogP contribution in [0.1, 0.15) is 51.1 Å². The van der Waals surface area contributed by atoms with Gasteiger partial charge >= 0.3 is 0 Å². The smallest absolute Gasteiger partial charge is 0.191 e. The summed E-state index contributed by atoms with van der Waals surface area (Å²) >= 11 is 0. The number of halogens is 1. The lowest BCUT2D eigenvalue weighted by Gasteiger charge is -2.16. The first-order chi connectivity index (χ1) is 10.9. The molecule has 2 rings (SSSR count). The second-order valence-corrected chi connectivity index (χ2v) is 5.60. The predicted octanol–water partition coefficient (Wildman–Crippen LogP) is 3.09. The first-order valence-corrected chi connectivity index (χ1v) is 8.41. The molecule has 2 N–H and O–H groups in total. The Labute approximate surface area is 155 Å². The van der Waals surface area contributed by atoms with Gasteiger partial charge in [-0.25, -0.2) is 4.99 Å². The Bertz CT molecular complexity index is 418. The predicted molar refractivity (Wildman–Crippen MR) is 102 cm³/mol. The molecule has 1 aliphatic carbocycles. The van der Waals surface area contributed by atoms with Crippen molar-refractivity contribution in [3.05, 3.63) is 18.0 Å². The first kappa shape index (κ1) is 20.2. The summed E-state index contributed by atoms with van der Waals surface area (Å²) in [6.45, 7) is 4.87. The van der Waals surface area contributed by atoms with Crippen LogP contribution in [-0.4, -0.2) is 36.9 Å². The van der Waals surface area contributed by atoms with Crippen molar-refractivity contribution in [2.75, 3.05) is 19.7 Å². The van der Waals surface area contributed by atoms with Gasteiger partial charge in [0, 0.05) is 19.2 Å². The number of nitrogens with one attached hydrogen (secondary N) is 2. The van der Waals surface area contributed by atoms with E-state index in [0.29, 0.717) is 12.6 Å². The summed E-state index contributed by atoms with van der Waals surface area (Å²) in [6, 6.07) is 1.82. The van der Waals surface area contributed by atoms with Crippen LogP contribution in [0.5, 0.6) is 0 Å². The van der Waals surface area contributed by atoms with Crippen molar-refractivity contribution in [2.24, 2.45) is 4.99 Å². The molecule has 132 valence electrons. The van der Waals surface area contributed by atoms with Gasteiger partial charge in [0.25, 0.3) is 0 Å². The highest BCUT2D eigenvalue weighted by Gasteiger charge is 2.12. The zero-order chi connectivity index (χ0) is 15.5. The van der Waals surface area contributed by atoms with E-state index in [-0.39, 0.29) is 24.0 Å². The third-order valence-corrected chi connectivity index (χ3v) is 3.78. The quantitative estimate of drug-likeness (QED) is 0.226. The van der Waals surface area contributed by atoms with Gasteiger partial charge in [-0.15, -0.1) is 24.0 Å². The monoisotopic (exact) mass is 436 g/mol.